The lowest BCUT2D eigenvalue weighted by atomic mass is 10.1. The third-order valence-corrected chi connectivity index (χ3v) is 2.13. The maximum atomic E-state index is 10.8. The van der Waals surface area contributed by atoms with Crippen molar-refractivity contribution in [3.05, 3.63) is 0 Å². The van der Waals surface area contributed by atoms with Gasteiger partial charge in [-0.05, 0) is 0 Å². The fraction of sp³-hybridized carbons (Fsp3) is 0.833. The van der Waals surface area contributed by atoms with Gasteiger partial charge in [-0.3, -0.25) is 0 Å². The summed E-state index contributed by atoms with van der Waals surface area (Å²) in [5.41, 5.74) is 5.42. The Bertz CT molecular complexity index is 220. The van der Waals surface area contributed by atoms with Crippen molar-refractivity contribution >= 4 is 5.97 Å². The first kappa shape index (κ1) is 7.93. The highest BCUT2D eigenvalue weighted by molar-refractivity contribution is 5.78. The Morgan fingerprint density at radius 3 is 2.58 bits per heavy atom. The molecular weight excluding hydrogens is 166 g/mol. The Kier molecular flexibility index (Phi) is 1.58. The van der Waals surface area contributed by atoms with Gasteiger partial charge in [-0.2, -0.15) is 0 Å². The van der Waals surface area contributed by atoms with E-state index in [1.54, 1.807) is 0 Å². The minimum atomic E-state index is -1.32. The van der Waals surface area contributed by atoms with Crippen LogP contribution in [0, 0.1) is 0 Å². The van der Waals surface area contributed by atoms with Gasteiger partial charge in [0.05, 0.1) is 6.04 Å². The number of carbonyl (C=O) groups excluding carboxylic acids is 1. The molecule has 0 bridgehead atoms. The van der Waals surface area contributed by atoms with Gasteiger partial charge in [0.25, 0.3) is 0 Å². The Labute approximate surface area is 67.9 Å². The van der Waals surface area contributed by atoms with Gasteiger partial charge in [-0.15, -0.1) is 0 Å². The second kappa shape index (κ2) is 2.40. The molecule has 2 aliphatic heterocycles. The van der Waals surface area contributed by atoms with Gasteiger partial charge in [0.1, 0.15) is 6.10 Å². The summed E-state index contributed by atoms with van der Waals surface area (Å²) < 4.78 is 9.50. The third kappa shape index (κ3) is 0.862. The van der Waals surface area contributed by atoms with Crippen molar-refractivity contribution in [2.45, 2.75) is 30.6 Å². The van der Waals surface area contributed by atoms with E-state index in [4.69, 9.17) is 20.7 Å². The maximum Gasteiger partial charge on any atom is 0.338 e. The molecule has 6 nitrogen and oxygen atoms in total. The largest absolute Gasteiger partial charge is 0.456 e. The van der Waals surface area contributed by atoms with E-state index in [-0.39, 0.29) is 0 Å². The average Bonchev–Trinajstić information content (AvgIpc) is 2.43. The fourth-order valence-electron chi connectivity index (χ4n) is 1.45. The molecule has 4 N–H and O–H groups in total. The molecule has 6 heteroatoms. The van der Waals surface area contributed by atoms with Gasteiger partial charge in [-0.1, -0.05) is 0 Å². The number of carbonyl (C=O) groups is 1. The van der Waals surface area contributed by atoms with E-state index < -0.39 is 36.6 Å². The first-order valence-electron chi connectivity index (χ1n) is 3.59. The Balaban J connectivity index is 2.19. The van der Waals surface area contributed by atoms with Crippen LogP contribution in [0.5, 0.6) is 0 Å². The summed E-state index contributed by atoms with van der Waals surface area (Å²) in [6.07, 6.45) is -4.02. The first-order chi connectivity index (χ1) is 5.61. The van der Waals surface area contributed by atoms with E-state index in [0.29, 0.717) is 0 Å². The number of aliphatic hydroxyl groups excluding tert-OH is 2. The second-order valence-corrected chi connectivity index (χ2v) is 2.91. The van der Waals surface area contributed by atoms with Crippen molar-refractivity contribution in [1.29, 1.82) is 0 Å². The summed E-state index contributed by atoms with van der Waals surface area (Å²) in [7, 11) is 0. The van der Waals surface area contributed by atoms with Crippen molar-refractivity contribution in [3.63, 3.8) is 0 Å². The molecule has 2 aliphatic rings. The molecule has 12 heavy (non-hydrogen) atoms. The molecule has 0 amide bonds. The quantitative estimate of drug-likeness (QED) is 0.347. The molecule has 2 fully saturated rings. The average molecular weight is 175 g/mol. The van der Waals surface area contributed by atoms with E-state index in [1.807, 2.05) is 0 Å². The Morgan fingerprint density at radius 2 is 2.00 bits per heavy atom. The number of fused-ring (bicyclic) bond motifs is 1. The van der Waals surface area contributed by atoms with Crippen molar-refractivity contribution in [3.8, 4) is 0 Å². The summed E-state index contributed by atoms with van der Waals surface area (Å²) in [4.78, 5) is 10.8. The highest BCUT2D eigenvalue weighted by atomic mass is 16.7. The van der Waals surface area contributed by atoms with Crippen molar-refractivity contribution in [1.82, 2.24) is 0 Å². The molecule has 0 spiro atoms. The van der Waals surface area contributed by atoms with Crippen LogP contribution in [-0.4, -0.2) is 46.8 Å². The predicted molar refractivity (Wildman–Crippen MR) is 34.7 cm³/mol. The molecule has 2 heterocycles. The van der Waals surface area contributed by atoms with Gasteiger partial charge in [0, 0.05) is 0 Å². The normalized spacial score (nSPS) is 52.2. The molecule has 0 aromatic rings. The summed E-state index contributed by atoms with van der Waals surface area (Å²) >= 11 is 0. The minimum absolute atomic E-state index is 0.720. The Morgan fingerprint density at radius 1 is 1.33 bits per heavy atom. The lowest BCUT2D eigenvalue weighted by Gasteiger charge is -2.11. The van der Waals surface area contributed by atoms with Crippen LogP contribution >= 0.6 is 0 Å². The number of esters is 1. The number of hydrogen-bond acceptors (Lipinski definition) is 6. The van der Waals surface area contributed by atoms with Gasteiger partial charge in [0.2, 0.25) is 0 Å². The number of aliphatic hydroxyl groups is 2. The predicted octanol–water partition coefficient (Wildman–Crippen LogP) is -2.68. The van der Waals surface area contributed by atoms with Crippen LogP contribution in [0.1, 0.15) is 0 Å². The van der Waals surface area contributed by atoms with E-state index in [0.717, 1.165) is 0 Å². The molecule has 0 aliphatic carbocycles. The van der Waals surface area contributed by atoms with Crippen LogP contribution in [0.15, 0.2) is 0 Å². The van der Waals surface area contributed by atoms with E-state index in [1.165, 1.54) is 0 Å². The van der Waals surface area contributed by atoms with Crippen LogP contribution in [-0.2, 0) is 14.3 Å². The lowest BCUT2D eigenvalue weighted by molar-refractivity contribution is -0.155. The summed E-state index contributed by atoms with van der Waals surface area (Å²) in [6.45, 7) is 0. The van der Waals surface area contributed by atoms with Crippen LogP contribution in [0.3, 0.4) is 0 Å². The minimum Gasteiger partial charge on any atom is -0.456 e. The topological polar surface area (TPSA) is 102 Å². The van der Waals surface area contributed by atoms with Gasteiger partial charge < -0.3 is 25.4 Å². The molecule has 0 aromatic carbocycles. The maximum absolute atomic E-state index is 10.8. The third-order valence-electron chi connectivity index (χ3n) is 2.13. The van der Waals surface area contributed by atoms with Crippen LogP contribution in [0.2, 0.25) is 0 Å². The monoisotopic (exact) mass is 175 g/mol. The van der Waals surface area contributed by atoms with Gasteiger partial charge >= 0.3 is 5.97 Å². The SMILES string of the molecule is N[C@H]1C(O)O[C@H]2[C@@H]1OC(=O)[C@H]2O. The molecular formula is C6H9NO5. The molecule has 0 aromatic heterocycles. The van der Waals surface area contributed by atoms with Gasteiger partial charge in [-0.25, -0.2) is 4.79 Å². The van der Waals surface area contributed by atoms with E-state index in [9.17, 15) is 4.79 Å². The Hall–Kier alpha value is -0.690. The summed E-state index contributed by atoms with van der Waals surface area (Å²) in [5, 5.41) is 18.2. The van der Waals surface area contributed by atoms with Crippen LogP contribution in [0.25, 0.3) is 0 Å². The smallest absolute Gasteiger partial charge is 0.338 e. The molecule has 5 atom stereocenters. The standard InChI is InChI=1S/C6H9NO5/c7-1-3-4(12-5(1)9)2(8)6(10)11-3/h1-5,8-9H,7H2/t1-,2+,3-,4-,5?/m1/s1. The van der Waals surface area contributed by atoms with Crippen LogP contribution < -0.4 is 5.73 Å². The molecule has 1 unspecified atom stereocenters. The molecule has 68 valence electrons. The van der Waals surface area contributed by atoms with Crippen molar-refractivity contribution < 1.29 is 24.5 Å². The highest BCUT2D eigenvalue weighted by Gasteiger charge is 2.55. The van der Waals surface area contributed by atoms with Gasteiger partial charge in [0.15, 0.2) is 18.5 Å². The number of nitrogens with two attached hydrogens (primary N) is 1. The molecule has 2 rings (SSSR count). The molecule has 0 radical (unpaired) electrons. The van der Waals surface area contributed by atoms with E-state index >= 15 is 0 Å². The molecule has 2 saturated heterocycles. The lowest BCUT2D eigenvalue weighted by Crippen LogP contribution is -2.40. The van der Waals surface area contributed by atoms with Crippen molar-refractivity contribution in [2.75, 3.05) is 0 Å². The summed E-state index contributed by atoms with van der Waals surface area (Å²) in [5.74, 6) is -0.743. The number of rotatable bonds is 0. The number of ether oxygens (including phenoxy) is 2. The second-order valence-electron chi connectivity index (χ2n) is 2.91. The zero-order valence-electron chi connectivity index (χ0n) is 6.08. The summed E-state index contributed by atoms with van der Waals surface area (Å²) in [6, 6.07) is -0.767. The molecule has 0 saturated carbocycles. The zero-order valence-corrected chi connectivity index (χ0v) is 6.08. The zero-order chi connectivity index (χ0) is 8.88. The fourth-order valence-corrected chi connectivity index (χ4v) is 1.45. The highest BCUT2D eigenvalue weighted by Crippen LogP contribution is 2.29. The first-order valence-corrected chi connectivity index (χ1v) is 3.59. The number of hydrogen-bond donors (Lipinski definition) is 3. The van der Waals surface area contributed by atoms with Crippen molar-refractivity contribution in [2.24, 2.45) is 5.73 Å². The van der Waals surface area contributed by atoms with Crippen LogP contribution in [0.4, 0.5) is 0 Å². The van der Waals surface area contributed by atoms with E-state index in [2.05, 4.69) is 4.74 Å².